The number of carbonyl (C=O) groups is 2. The Morgan fingerprint density at radius 3 is 2.59 bits per heavy atom. The van der Waals surface area contributed by atoms with Gasteiger partial charge >= 0.3 is 0 Å². The van der Waals surface area contributed by atoms with Gasteiger partial charge in [0.15, 0.2) is 0 Å². The van der Waals surface area contributed by atoms with Crippen LogP contribution in [0.15, 0.2) is 48.8 Å². The normalized spacial score (nSPS) is 18.3. The van der Waals surface area contributed by atoms with Crippen LogP contribution in [0.5, 0.6) is 5.75 Å². The summed E-state index contributed by atoms with van der Waals surface area (Å²) in [6, 6.07) is 11.0. The molecule has 1 N–H and O–H groups in total. The van der Waals surface area contributed by atoms with E-state index in [1.165, 1.54) is 12.8 Å². The Balaban J connectivity index is 1.38. The molecule has 1 aromatic heterocycles. The quantitative estimate of drug-likeness (QED) is 0.722. The number of methoxy groups -OCH3 is 1. The second-order valence-corrected chi connectivity index (χ2v) is 8.63. The third kappa shape index (κ3) is 5.27. The largest absolute Gasteiger partial charge is 0.497 e. The molecule has 0 spiro atoms. The van der Waals surface area contributed by atoms with Crippen molar-refractivity contribution in [2.75, 3.05) is 33.3 Å². The maximum atomic E-state index is 13.2. The summed E-state index contributed by atoms with van der Waals surface area (Å²) in [5.41, 5.74) is 1.64. The molecule has 7 heteroatoms. The molecule has 4 rings (SSSR count). The van der Waals surface area contributed by atoms with Crippen molar-refractivity contribution in [2.24, 2.45) is 5.92 Å². The average molecular weight is 437 g/mol. The lowest BCUT2D eigenvalue weighted by Gasteiger charge is -2.40. The molecule has 1 saturated carbocycles. The van der Waals surface area contributed by atoms with E-state index in [4.69, 9.17) is 4.74 Å². The Kier molecular flexibility index (Phi) is 7.37. The summed E-state index contributed by atoms with van der Waals surface area (Å²) in [5, 5.41) is 3.13. The highest BCUT2D eigenvalue weighted by Crippen LogP contribution is 2.31. The minimum atomic E-state index is -0.136. The Bertz CT molecular complexity index is 906. The minimum Gasteiger partial charge on any atom is -0.497 e. The Morgan fingerprint density at radius 1 is 1.12 bits per heavy atom. The second-order valence-electron chi connectivity index (χ2n) is 8.63. The van der Waals surface area contributed by atoms with Crippen LogP contribution in [0.25, 0.3) is 0 Å². The van der Waals surface area contributed by atoms with Crippen LogP contribution in [0.2, 0.25) is 0 Å². The minimum absolute atomic E-state index is 0.0157. The van der Waals surface area contributed by atoms with Crippen molar-refractivity contribution in [3.63, 3.8) is 0 Å². The molecule has 0 bridgehead atoms. The zero-order chi connectivity index (χ0) is 22.3. The van der Waals surface area contributed by atoms with Crippen LogP contribution in [0.3, 0.4) is 0 Å². The summed E-state index contributed by atoms with van der Waals surface area (Å²) in [4.78, 5) is 34.5. The molecule has 170 valence electrons. The molecule has 1 aliphatic heterocycles. The van der Waals surface area contributed by atoms with Gasteiger partial charge in [0.25, 0.3) is 5.91 Å². The summed E-state index contributed by atoms with van der Waals surface area (Å²) in [5.74, 6) is 1.17. The zero-order valence-electron chi connectivity index (χ0n) is 18.7. The first-order chi connectivity index (χ1) is 15.7. The molecule has 2 amide bonds. The molecule has 1 unspecified atom stereocenters. The molecule has 1 aliphatic carbocycles. The number of ether oxygens (including phenoxy) is 1. The standard InChI is InChI=1S/C25H32N4O3/c1-32-22-10-4-9-21(16-22)25(31)29-14-12-28(13-15-29)23(20-7-2-3-8-20)24(30)27-18-19-6-5-11-26-17-19/h4-6,9-11,16-17,20,23H,2-3,7-8,12-15,18H2,1H3,(H,27,30). The number of benzene rings is 1. The molecule has 1 saturated heterocycles. The van der Waals surface area contributed by atoms with Gasteiger partial charge in [0, 0.05) is 50.7 Å². The van der Waals surface area contributed by atoms with Gasteiger partial charge in [0.05, 0.1) is 13.2 Å². The first kappa shape index (κ1) is 22.3. The molecule has 2 aliphatic rings. The van der Waals surface area contributed by atoms with Gasteiger partial charge in [-0.2, -0.15) is 0 Å². The van der Waals surface area contributed by atoms with E-state index in [1.54, 1.807) is 25.6 Å². The number of nitrogens with one attached hydrogen (secondary N) is 1. The lowest BCUT2D eigenvalue weighted by atomic mass is 9.95. The maximum absolute atomic E-state index is 13.2. The predicted molar refractivity (Wildman–Crippen MR) is 122 cm³/mol. The molecule has 1 atom stereocenters. The van der Waals surface area contributed by atoms with E-state index < -0.39 is 0 Å². The van der Waals surface area contributed by atoms with Crippen molar-refractivity contribution < 1.29 is 14.3 Å². The highest BCUT2D eigenvalue weighted by molar-refractivity contribution is 5.94. The van der Waals surface area contributed by atoms with Crippen LogP contribution in [0.4, 0.5) is 0 Å². The molecule has 2 aromatic rings. The van der Waals surface area contributed by atoms with Gasteiger partial charge in [0.2, 0.25) is 5.91 Å². The van der Waals surface area contributed by atoms with Gasteiger partial charge in [-0.3, -0.25) is 19.5 Å². The Morgan fingerprint density at radius 2 is 1.91 bits per heavy atom. The van der Waals surface area contributed by atoms with Gasteiger partial charge in [-0.25, -0.2) is 0 Å². The first-order valence-corrected chi connectivity index (χ1v) is 11.5. The number of amides is 2. The van der Waals surface area contributed by atoms with E-state index in [0.717, 1.165) is 18.4 Å². The van der Waals surface area contributed by atoms with E-state index in [-0.39, 0.29) is 17.9 Å². The van der Waals surface area contributed by atoms with E-state index in [2.05, 4.69) is 15.2 Å². The van der Waals surface area contributed by atoms with E-state index >= 15 is 0 Å². The zero-order valence-corrected chi connectivity index (χ0v) is 18.7. The number of hydrogen-bond donors (Lipinski definition) is 1. The molecule has 0 radical (unpaired) electrons. The fourth-order valence-corrected chi connectivity index (χ4v) is 4.89. The number of aromatic nitrogens is 1. The Labute approximate surface area is 189 Å². The Hall–Kier alpha value is -2.93. The van der Waals surface area contributed by atoms with Crippen molar-refractivity contribution in [1.29, 1.82) is 0 Å². The van der Waals surface area contributed by atoms with Crippen molar-refractivity contribution >= 4 is 11.8 Å². The van der Waals surface area contributed by atoms with Crippen molar-refractivity contribution in [3.8, 4) is 5.75 Å². The summed E-state index contributed by atoms with van der Waals surface area (Å²) in [6.07, 6.45) is 8.07. The molecule has 2 fully saturated rings. The summed E-state index contributed by atoms with van der Waals surface area (Å²) in [6.45, 7) is 3.14. The van der Waals surface area contributed by atoms with Crippen LogP contribution in [0.1, 0.15) is 41.6 Å². The van der Waals surface area contributed by atoms with Gasteiger partial charge in [-0.15, -0.1) is 0 Å². The molecule has 7 nitrogen and oxygen atoms in total. The second kappa shape index (κ2) is 10.6. The number of carbonyl (C=O) groups excluding carboxylic acids is 2. The lowest BCUT2D eigenvalue weighted by Crippen LogP contribution is -2.57. The average Bonchev–Trinajstić information content (AvgIpc) is 3.38. The highest BCUT2D eigenvalue weighted by atomic mass is 16.5. The maximum Gasteiger partial charge on any atom is 0.254 e. The smallest absolute Gasteiger partial charge is 0.254 e. The summed E-state index contributed by atoms with van der Waals surface area (Å²) in [7, 11) is 1.60. The molecule has 32 heavy (non-hydrogen) atoms. The van der Waals surface area contributed by atoms with Gasteiger partial charge < -0.3 is 15.0 Å². The van der Waals surface area contributed by atoms with E-state index in [0.29, 0.717) is 50.0 Å². The highest BCUT2D eigenvalue weighted by Gasteiger charge is 2.37. The fraction of sp³-hybridized carbons (Fsp3) is 0.480. The number of pyridine rings is 1. The molecular weight excluding hydrogens is 404 g/mol. The van der Waals surface area contributed by atoms with Gasteiger partial charge in [0.1, 0.15) is 5.75 Å². The topological polar surface area (TPSA) is 74.8 Å². The fourth-order valence-electron chi connectivity index (χ4n) is 4.89. The molecular formula is C25H32N4O3. The number of nitrogens with zero attached hydrogens (tertiary/aromatic N) is 3. The summed E-state index contributed by atoms with van der Waals surface area (Å²) >= 11 is 0. The van der Waals surface area contributed by atoms with Gasteiger partial charge in [-0.1, -0.05) is 25.0 Å². The van der Waals surface area contributed by atoms with Crippen molar-refractivity contribution in [1.82, 2.24) is 20.1 Å². The summed E-state index contributed by atoms with van der Waals surface area (Å²) < 4.78 is 5.25. The molecule has 2 heterocycles. The van der Waals surface area contributed by atoms with Gasteiger partial charge in [-0.05, 0) is 48.6 Å². The van der Waals surface area contributed by atoms with E-state index in [1.807, 2.05) is 35.2 Å². The van der Waals surface area contributed by atoms with Crippen LogP contribution < -0.4 is 10.1 Å². The van der Waals surface area contributed by atoms with Crippen LogP contribution in [0, 0.1) is 5.92 Å². The van der Waals surface area contributed by atoms with Crippen molar-refractivity contribution in [3.05, 3.63) is 59.9 Å². The monoisotopic (exact) mass is 436 g/mol. The lowest BCUT2D eigenvalue weighted by molar-refractivity contribution is -0.129. The van der Waals surface area contributed by atoms with Crippen LogP contribution in [-0.4, -0.2) is 65.9 Å². The SMILES string of the molecule is COc1cccc(C(=O)N2CCN(C(C(=O)NCc3cccnc3)C3CCCC3)CC2)c1. The number of piperazine rings is 1. The third-order valence-electron chi connectivity index (χ3n) is 6.62. The first-order valence-electron chi connectivity index (χ1n) is 11.5. The van der Waals surface area contributed by atoms with Crippen LogP contribution in [-0.2, 0) is 11.3 Å². The number of rotatable bonds is 7. The van der Waals surface area contributed by atoms with Crippen molar-refractivity contribution in [2.45, 2.75) is 38.3 Å². The molecule has 1 aromatic carbocycles. The van der Waals surface area contributed by atoms with E-state index in [9.17, 15) is 9.59 Å². The van der Waals surface area contributed by atoms with Crippen LogP contribution >= 0.6 is 0 Å². The predicted octanol–water partition coefficient (Wildman–Crippen LogP) is 2.72. The number of hydrogen-bond acceptors (Lipinski definition) is 5. The third-order valence-corrected chi connectivity index (χ3v) is 6.62.